The second kappa shape index (κ2) is 7.17. The highest BCUT2D eigenvalue weighted by Crippen LogP contribution is 2.28. The monoisotopic (exact) mass is 302 g/mol. The van der Waals surface area contributed by atoms with Gasteiger partial charge in [-0.3, -0.25) is 4.79 Å². The van der Waals surface area contributed by atoms with Gasteiger partial charge in [-0.25, -0.2) is 4.79 Å². The Kier molecular flexibility index (Phi) is 5.54. The van der Waals surface area contributed by atoms with E-state index in [4.69, 9.17) is 9.84 Å². The number of carboxylic acid groups (broad SMARTS) is 1. The lowest BCUT2D eigenvalue weighted by Gasteiger charge is -2.36. The van der Waals surface area contributed by atoms with Crippen LogP contribution in [0.3, 0.4) is 0 Å². The van der Waals surface area contributed by atoms with Crippen LogP contribution in [0.4, 0.5) is 4.79 Å². The van der Waals surface area contributed by atoms with Crippen LogP contribution in [0.2, 0.25) is 0 Å². The van der Waals surface area contributed by atoms with Crippen molar-refractivity contribution < 1.29 is 19.4 Å². The van der Waals surface area contributed by atoms with Crippen molar-refractivity contribution in [3.8, 4) is 0 Å². The van der Waals surface area contributed by atoms with Gasteiger partial charge in [0.05, 0.1) is 25.7 Å². The van der Waals surface area contributed by atoms with Crippen molar-refractivity contribution in [3.05, 3.63) is 0 Å². The molecule has 2 aliphatic rings. The number of hydrogen-bond donors (Lipinski definition) is 2. The highest BCUT2D eigenvalue weighted by atomic mass is 32.2. The molecular formula is C13H22N2O4S. The Morgan fingerprint density at radius 1 is 1.45 bits per heavy atom. The van der Waals surface area contributed by atoms with E-state index in [9.17, 15) is 9.59 Å². The van der Waals surface area contributed by atoms with Gasteiger partial charge in [-0.1, -0.05) is 6.42 Å². The molecule has 0 radical (unpaired) electrons. The van der Waals surface area contributed by atoms with Crippen molar-refractivity contribution in [2.24, 2.45) is 0 Å². The number of rotatable bonds is 4. The SMILES string of the molecule is CSC1CCCC1NC(=O)N1CCOCC1CC(=O)O. The fraction of sp³-hybridized carbons (Fsp3) is 0.846. The maximum atomic E-state index is 12.4. The summed E-state index contributed by atoms with van der Waals surface area (Å²) in [4.78, 5) is 24.8. The lowest BCUT2D eigenvalue weighted by Crippen LogP contribution is -2.55. The largest absolute Gasteiger partial charge is 0.481 e. The Morgan fingerprint density at radius 3 is 2.95 bits per heavy atom. The van der Waals surface area contributed by atoms with E-state index in [0.29, 0.717) is 25.0 Å². The van der Waals surface area contributed by atoms with Gasteiger partial charge in [0.15, 0.2) is 0 Å². The molecule has 1 saturated carbocycles. The minimum atomic E-state index is -0.902. The molecule has 6 nitrogen and oxygen atoms in total. The van der Waals surface area contributed by atoms with Crippen molar-refractivity contribution in [3.63, 3.8) is 0 Å². The minimum absolute atomic E-state index is 0.0654. The zero-order valence-electron chi connectivity index (χ0n) is 11.7. The standard InChI is InChI=1S/C13H22N2O4S/c1-20-11-4-2-3-10(11)14-13(18)15-5-6-19-8-9(15)7-12(16)17/h9-11H,2-8H2,1H3,(H,14,18)(H,16,17). The van der Waals surface area contributed by atoms with Crippen LogP contribution in [-0.4, -0.2) is 65.4 Å². The number of morpholine rings is 1. The third kappa shape index (κ3) is 3.79. The first kappa shape index (κ1) is 15.4. The second-order valence-electron chi connectivity index (χ2n) is 5.28. The summed E-state index contributed by atoms with van der Waals surface area (Å²) >= 11 is 1.79. The van der Waals surface area contributed by atoms with Crippen LogP contribution in [0.5, 0.6) is 0 Å². The quantitative estimate of drug-likeness (QED) is 0.814. The number of carbonyl (C=O) groups is 2. The van der Waals surface area contributed by atoms with Crippen molar-refractivity contribution in [1.29, 1.82) is 0 Å². The fourth-order valence-corrected chi connectivity index (χ4v) is 3.84. The highest BCUT2D eigenvalue weighted by molar-refractivity contribution is 7.99. The number of carbonyl (C=O) groups excluding carboxylic acids is 1. The summed E-state index contributed by atoms with van der Waals surface area (Å²) in [6, 6.07) is -0.313. The molecule has 2 N–H and O–H groups in total. The zero-order valence-corrected chi connectivity index (χ0v) is 12.5. The molecular weight excluding hydrogens is 280 g/mol. The van der Waals surface area contributed by atoms with Crippen LogP contribution in [0.1, 0.15) is 25.7 Å². The topological polar surface area (TPSA) is 78.9 Å². The summed E-state index contributed by atoms with van der Waals surface area (Å²) in [6.07, 6.45) is 5.28. The number of thioether (sulfide) groups is 1. The van der Waals surface area contributed by atoms with E-state index in [1.807, 2.05) is 0 Å². The number of hydrogen-bond acceptors (Lipinski definition) is 4. The van der Waals surface area contributed by atoms with Gasteiger partial charge in [0.1, 0.15) is 0 Å². The van der Waals surface area contributed by atoms with Gasteiger partial charge >= 0.3 is 12.0 Å². The predicted octanol–water partition coefficient (Wildman–Crippen LogP) is 1.16. The number of aliphatic carboxylic acids is 1. The number of amides is 2. The summed E-state index contributed by atoms with van der Waals surface area (Å²) in [7, 11) is 0. The van der Waals surface area contributed by atoms with Crippen LogP contribution in [0.25, 0.3) is 0 Å². The van der Waals surface area contributed by atoms with Crippen LogP contribution in [-0.2, 0) is 9.53 Å². The van der Waals surface area contributed by atoms with E-state index in [-0.39, 0.29) is 24.5 Å². The third-order valence-corrected chi connectivity index (χ3v) is 5.13. The molecule has 2 rings (SSSR count). The molecule has 1 aliphatic heterocycles. The molecule has 0 aromatic carbocycles. The van der Waals surface area contributed by atoms with Gasteiger partial charge in [0, 0.05) is 17.8 Å². The van der Waals surface area contributed by atoms with Crippen LogP contribution in [0, 0.1) is 0 Å². The van der Waals surface area contributed by atoms with Crippen molar-refractivity contribution >= 4 is 23.8 Å². The van der Waals surface area contributed by atoms with Crippen LogP contribution < -0.4 is 5.32 Å². The molecule has 1 saturated heterocycles. The van der Waals surface area contributed by atoms with E-state index in [2.05, 4.69) is 11.6 Å². The highest BCUT2D eigenvalue weighted by Gasteiger charge is 2.33. The Morgan fingerprint density at radius 2 is 2.25 bits per heavy atom. The Labute approximate surface area is 123 Å². The van der Waals surface area contributed by atoms with Gasteiger partial charge in [-0.15, -0.1) is 0 Å². The summed E-state index contributed by atoms with van der Waals surface area (Å²) < 4.78 is 5.29. The maximum Gasteiger partial charge on any atom is 0.318 e. The molecule has 1 heterocycles. The molecule has 2 amide bonds. The molecule has 0 aromatic rings. The molecule has 0 spiro atoms. The number of nitrogens with one attached hydrogen (secondary N) is 1. The molecule has 3 unspecified atom stereocenters. The lowest BCUT2D eigenvalue weighted by atomic mass is 10.1. The number of ether oxygens (including phenoxy) is 1. The van der Waals surface area contributed by atoms with E-state index in [1.54, 1.807) is 16.7 Å². The smallest absolute Gasteiger partial charge is 0.318 e. The molecule has 2 fully saturated rings. The molecule has 3 atom stereocenters. The van der Waals surface area contributed by atoms with Gasteiger partial charge in [0.25, 0.3) is 0 Å². The van der Waals surface area contributed by atoms with Crippen LogP contribution >= 0.6 is 11.8 Å². The maximum absolute atomic E-state index is 12.4. The summed E-state index contributed by atoms with van der Waals surface area (Å²) in [6.45, 7) is 1.23. The molecule has 0 bridgehead atoms. The average molecular weight is 302 g/mol. The van der Waals surface area contributed by atoms with Crippen molar-refractivity contribution in [1.82, 2.24) is 10.2 Å². The number of nitrogens with zero attached hydrogens (tertiary/aromatic N) is 1. The number of carboxylic acids is 1. The van der Waals surface area contributed by atoms with E-state index >= 15 is 0 Å². The summed E-state index contributed by atoms with van der Waals surface area (Å²) in [5.74, 6) is -0.902. The summed E-state index contributed by atoms with van der Waals surface area (Å²) in [5.41, 5.74) is 0. The van der Waals surface area contributed by atoms with Gasteiger partial charge < -0.3 is 20.1 Å². The Bertz CT molecular complexity index is 366. The van der Waals surface area contributed by atoms with Crippen molar-refractivity contribution in [2.75, 3.05) is 26.0 Å². The van der Waals surface area contributed by atoms with Gasteiger partial charge in [0.2, 0.25) is 0 Å². The van der Waals surface area contributed by atoms with Crippen LogP contribution in [0.15, 0.2) is 0 Å². The Balaban J connectivity index is 1.93. The van der Waals surface area contributed by atoms with E-state index in [0.717, 1.165) is 19.3 Å². The van der Waals surface area contributed by atoms with Gasteiger partial charge in [-0.05, 0) is 19.1 Å². The Hall–Kier alpha value is -0.950. The van der Waals surface area contributed by atoms with Gasteiger partial charge in [-0.2, -0.15) is 11.8 Å². The molecule has 7 heteroatoms. The lowest BCUT2D eigenvalue weighted by molar-refractivity contribution is -0.139. The molecule has 20 heavy (non-hydrogen) atoms. The predicted molar refractivity (Wildman–Crippen MR) is 77.0 cm³/mol. The molecule has 0 aromatic heterocycles. The first-order chi connectivity index (χ1) is 9.61. The number of urea groups is 1. The summed E-state index contributed by atoms with van der Waals surface area (Å²) in [5, 5.41) is 12.5. The normalized spacial score (nSPS) is 30.2. The van der Waals surface area contributed by atoms with E-state index < -0.39 is 5.97 Å². The van der Waals surface area contributed by atoms with E-state index in [1.165, 1.54) is 0 Å². The molecule has 114 valence electrons. The average Bonchev–Trinajstić information content (AvgIpc) is 2.85. The zero-order chi connectivity index (χ0) is 14.5. The third-order valence-electron chi connectivity index (χ3n) is 3.96. The second-order valence-corrected chi connectivity index (χ2v) is 6.36. The fourth-order valence-electron chi connectivity index (χ4n) is 2.91. The first-order valence-electron chi connectivity index (χ1n) is 7.01. The first-order valence-corrected chi connectivity index (χ1v) is 8.30. The van der Waals surface area contributed by atoms with Crippen molar-refractivity contribution in [2.45, 2.75) is 43.0 Å². The molecule has 1 aliphatic carbocycles. The minimum Gasteiger partial charge on any atom is -0.481 e.